The molecular formula is C13H11ClN4O4. The smallest absolute Gasteiger partial charge is 0.418 e. The largest absolute Gasteiger partial charge is 0.439 e. The van der Waals surface area contributed by atoms with Crippen molar-refractivity contribution in [2.75, 3.05) is 19.7 Å². The molecule has 1 fully saturated rings. The molecule has 0 atom stereocenters. The van der Waals surface area contributed by atoms with E-state index in [1.54, 1.807) is 24.3 Å². The molecular weight excluding hydrogens is 312 g/mol. The highest BCUT2D eigenvalue weighted by Crippen LogP contribution is 2.26. The monoisotopic (exact) mass is 322 g/mol. The zero-order valence-electron chi connectivity index (χ0n) is 11.3. The maximum atomic E-state index is 11.8. The highest BCUT2D eigenvalue weighted by Gasteiger charge is 2.26. The molecule has 0 radical (unpaired) electrons. The summed E-state index contributed by atoms with van der Waals surface area (Å²) >= 11 is 6.03. The van der Waals surface area contributed by atoms with E-state index in [2.05, 4.69) is 15.5 Å². The van der Waals surface area contributed by atoms with E-state index in [-0.39, 0.29) is 18.5 Å². The van der Waals surface area contributed by atoms with Crippen molar-refractivity contribution in [1.29, 1.82) is 0 Å². The van der Waals surface area contributed by atoms with Crippen LogP contribution in [0.2, 0.25) is 5.02 Å². The Morgan fingerprint density at radius 3 is 3.00 bits per heavy atom. The fourth-order valence-electron chi connectivity index (χ4n) is 1.93. The van der Waals surface area contributed by atoms with E-state index >= 15 is 0 Å². The quantitative estimate of drug-likeness (QED) is 0.911. The molecule has 0 bridgehead atoms. The van der Waals surface area contributed by atoms with Gasteiger partial charge in [0.05, 0.1) is 5.02 Å². The van der Waals surface area contributed by atoms with E-state index in [1.807, 2.05) is 0 Å². The third kappa shape index (κ3) is 2.86. The summed E-state index contributed by atoms with van der Waals surface area (Å²) in [4.78, 5) is 28.2. The lowest BCUT2D eigenvalue weighted by Crippen LogP contribution is -2.37. The zero-order chi connectivity index (χ0) is 15.5. The number of carbonyl (C=O) groups excluding carboxylic acids is 2. The Hall–Kier alpha value is -2.61. The number of benzene rings is 1. The van der Waals surface area contributed by atoms with Crippen LogP contribution in [0.1, 0.15) is 0 Å². The molecule has 0 saturated carbocycles. The van der Waals surface area contributed by atoms with Gasteiger partial charge < -0.3 is 10.1 Å². The molecule has 1 aliphatic rings. The summed E-state index contributed by atoms with van der Waals surface area (Å²) in [6.07, 6.45) is -0.164. The topological polar surface area (TPSA) is 97.6 Å². The van der Waals surface area contributed by atoms with Gasteiger partial charge in [0.2, 0.25) is 5.82 Å². The van der Waals surface area contributed by atoms with Crippen molar-refractivity contribution in [2.24, 2.45) is 0 Å². The van der Waals surface area contributed by atoms with Crippen molar-refractivity contribution < 1.29 is 18.8 Å². The second-order valence-corrected chi connectivity index (χ2v) is 4.84. The van der Waals surface area contributed by atoms with Gasteiger partial charge in [0.25, 0.3) is 5.91 Å². The lowest BCUT2D eigenvalue weighted by atomic mass is 10.2. The Bertz CT molecular complexity index is 718. The van der Waals surface area contributed by atoms with Crippen molar-refractivity contribution in [3.63, 3.8) is 0 Å². The second-order valence-electron chi connectivity index (χ2n) is 4.43. The summed E-state index contributed by atoms with van der Waals surface area (Å²) < 4.78 is 10.0. The van der Waals surface area contributed by atoms with Gasteiger partial charge in [-0.3, -0.25) is 14.2 Å². The Morgan fingerprint density at radius 1 is 1.45 bits per heavy atom. The van der Waals surface area contributed by atoms with Gasteiger partial charge in [-0.15, -0.1) is 0 Å². The number of carbonyl (C=O) groups is 2. The van der Waals surface area contributed by atoms with E-state index < -0.39 is 11.9 Å². The first-order valence-electron chi connectivity index (χ1n) is 6.45. The third-order valence-corrected chi connectivity index (χ3v) is 3.33. The summed E-state index contributed by atoms with van der Waals surface area (Å²) in [5.74, 6) is -0.223. The maximum absolute atomic E-state index is 11.8. The van der Waals surface area contributed by atoms with Crippen LogP contribution in [-0.4, -0.2) is 46.7 Å². The molecule has 3 amide bonds. The SMILES string of the molecule is O=C(COc1nc(-c2ccccc2Cl)no1)N1CCNC1=O. The molecule has 0 aliphatic carbocycles. The van der Waals surface area contributed by atoms with Crippen molar-refractivity contribution in [2.45, 2.75) is 0 Å². The molecule has 2 aromatic rings. The summed E-state index contributed by atoms with van der Waals surface area (Å²) in [7, 11) is 0. The van der Waals surface area contributed by atoms with Gasteiger partial charge >= 0.3 is 12.1 Å². The molecule has 1 N–H and O–H groups in total. The van der Waals surface area contributed by atoms with Crippen LogP contribution < -0.4 is 10.1 Å². The van der Waals surface area contributed by atoms with Crippen molar-refractivity contribution in [1.82, 2.24) is 20.4 Å². The third-order valence-electron chi connectivity index (χ3n) is 3.00. The van der Waals surface area contributed by atoms with Crippen molar-refractivity contribution in [3.8, 4) is 17.5 Å². The van der Waals surface area contributed by atoms with E-state index in [4.69, 9.17) is 20.9 Å². The minimum atomic E-state index is -0.479. The number of rotatable bonds is 4. The van der Waals surface area contributed by atoms with Crippen molar-refractivity contribution in [3.05, 3.63) is 29.3 Å². The van der Waals surface area contributed by atoms with Crippen LogP contribution in [0.15, 0.2) is 28.8 Å². The molecule has 1 saturated heterocycles. The first-order valence-corrected chi connectivity index (χ1v) is 6.82. The average molecular weight is 323 g/mol. The fraction of sp³-hybridized carbons (Fsp3) is 0.231. The molecule has 0 spiro atoms. The summed E-state index contributed by atoms with van der Waals surface area (Å²) in [5, 5.41) is 6.73. The van der Waals surface area contributed by atoms with Gasteiger partial charge in [-0.1, -0.05) is 28.9 Å². The Balaban J connectivity index is 1.64. The first kappa shape index (κ1) is 14.3. The van der Waals surface area contributed by atoms with E-state index in [1.165, 1.54) is 0 Å². The molecule has 1 aromatic heterocycles. The van der Waals surface area contributed by atoms with Gasteiger partial charge in [-0.25, -0.2) is 4.79 Å². The van der Waals surface area contributed by atoms with Gasteiger partial charge in [0.15, 0.2) is 6.61 Å². The predicted molar refractivity (Wildman–Crippen MR) is 75.4 cm³/mol. The molecule has 1 aromatic carbocycles. The van der Waals surface area contributed by atoms with Crippen LogP contribution in [0.5, 0.6) is 6.08 Å². The summed E-state index contributed by atoms with van der Waals surface area (Å²) in [5.41, 5.74) is 0.591. The molecule has 114 valence electrons. The van der Waals surface area contributed by atoms with Crippen LogP contribution in [-0.2, 0) is 4.79 Å². The molecule has 2 heterocycles. The van der Waals surface area contributed by atoms with E-state index in [9.17, 15) is 9.59 Å². The van der Waals surface area contributed by atoms with E-state index in [0.29, 0.717) is 23.7 Å². The van der Waals surface area contributed by atoms with Crippen LogP contribution in [0.25, 0.3) is 11.4 Å². The van der Waals surface area contributed by atoms with Crippen LogP contribution in [0.4, 0.5) is 4.79 Å². The van der Waals surface area contributed by atoms with E-state index in [0.717, 1.165) is 4.90 Å². The predicted octanol–water partition coefficient (Wildman–Crippen LogP) is 1.32. The van der Waals surface area contributed by atoms with Crippen LogP contribution in [0.3, 0.4) is 0 Å². The number of ether oxygens (including phenoxy) is 1. The lowest BCUT2D eigenvalue weighted by Gasteiger charge is -2.10. The van der Waals surface area contributed by atoms with Gasteiger partial charge in [-0.05, 0) is 12.1 Å². The number of amides is 3. The summed E-state index contributed by atoms with van der Waals surface area (Å²) in [6.45, 7) is 0.384. The number of hydrogen-bond acceptors (Lipinski definition) is 6. The minimum absolute atomic E-state index is 0.164. The lowest BCUT2D eigenvalue weighted by molar-refractivity contribution is -0.130. The number of halogens is 1. The number of aromatic nitrogens is 2. The van der Waals surface area contributed by atoms with Crippen LogP contribution >= 0.6 is 11.6 Å². The highest BCUT2D eigenvalue weighted by atomic mass is 35.5. The fourth-order valence-corrected chi connectivity index (χ4v) is 2.15. The molecule has 9 heteroatoms. The van der Waals surface area contributed by atoms with Gasteiger partial charge in [0, 0.05) is 18.7 Å². The van der Waals surface area contributed by atoms with Gasteiger partial charge in [-0.2, -0.15) is 4.98 Å². The Labute approximate surface area is 130 Å². The zero-order valence-corrected chi connectivity index (χ0v) is 12.0. The number of urea groups is 1. The molecule has 22 heavy (non-hydrogen) atoms. The second kappa shape index (κ2) is 6.02. The average Bonchev–Trinajstić information content (AvgIpc) is 3.14. The molecule has 3 rings (SSSR count). The Kier molecular flexibility index (Phi) is 3.92. The molecule has 1 aliphatic heterocycles. The molecule has 0 unspecified atom stereocenters. The first-order chi connectivity index (χ1) is 10.6. The number of imide groups is 1. The number of hydrogen-bond donors (Lipinski definition) is 1. The molecule has 8 nitrogen and oxygen atoms in total. The van der Waals surface area contributed by atoms with Crippen molar-refractivity contribution >= 4 is 23.5 Å². The normalized spacial score (nSPS) is 14.0. The Morgan fingerprint density at radius 2 is 2.27 bits per heavy atom. The minimum Gasteiger partial charge on any atom is -0.439 e. The maximum Gasteiger partial charge on any atom is 0.418 e. The number of nitrogens with zero attached hydrogens (tertiary/aromatic N) is 3. The van der Waals surface area contributed by atoms with Gasteiger partial charge in [0.1, 0.15) is 0 Å². The highest BCUT2D eigenvalue weighted by molar-refractivity contribution is 6.33. The summed E-state index contributed by atoms with van der Waals surface area (Å²) in [6, 6.07) is 6.56. The van der Waals surface area contributed by atoms with Crippen LogP contribution in [0, 0.1) is 0 Å². The standard InChI is InChI=1S/C13H11ClN4O4/c14-9-4-2-1-3-8(9)11-16-13(22-17-11)21-7-10(19)18-6-5-15-12(18)20/h1-4H,5-7H2,(H,15,20). The number of nitrogens with one attached hydrogen (secondary N) is 1.